The number of ether oxygens (including phenoxy) is 3. The fraction of sp³-hybridized carbons (Fsp3) is 0.171. The fourth-order valence-electron chi connectivity index (χ4n) is 4.39. The Morgan fingerprint density at radius 1 is 0.756 bits per heavy atom. The Balaban J connectivity index is 1.50. The minimum atomic E-state index is -0.552. The summed E-state index contributed by atoms with van der Waals surface area (Å²) in [5, 5.41) is 8.51. The number of carbonyl (C=O) groups is 3. The molecule has 0 fully saturated rings. The van der Waals surface area contributed by atoms with Crippen molar-refractivity contribution in [2.45, 2.75) is 18.7 Å². The summed E-state index contributed by atoms with van der Waals surface area (Å²) in [4.78, 5) is 40.0. The molecule has 0 radical (unpaired) electrons. The zero-order valence-electron chi connectivity index (χ0n) is 25.7. The lowest BCUT2D eigenvalue weighted by molar-refractivity contribution is -0.114. The molecule has 0 aliphatic carbocycles. The maximum atomic E-state index is 13.5. The Labute approximate surface area is 267 Å². The van der Waals surface area contributed by atoms with Crippen LogP contribution in [0.25, 0.3) is 6.08 Å². The van der Waals surface area contributed by atoms with Crippen molar-refractivity contribution in [2.75, 3.05) is 37.7 Å². The van der Waals surface area contributed by atoms with E-state index in [0.717, 1.165) is 21.7 Å². The quantitative estimate of drug-likeness (QED) is 0.122. The van der Waals surface area contributed by atoms with Crippen LogP contribution in [0.4, 0.5) is 11.4 Å². The summed E-state index contributed by atoms with van der Waals surface area (Å²) in [6.07, 6.45) is 1.51. The Morgan fingerprint density at radius 3 is 2.07 bits per heavy atom. The van der Waals surface area contributed by atoms with Crippen molar-refractivity contribution in [1.29, 1.82) is 0 Å². The van der Waals surface area contributed by atoms with Crippen LogP contribution in [0.2, 0.25) is 0 Å². The van der Waals surface area contributed by atoms with E-state index in [9.17, 15) is 14.4 Å². The van der Waals surface area contributed by atoms with Crippen LogP contribution in [-0.4, -0.2) is 44.8 Å². The molecule has 0 saturated carbocycles. The number of rotatable bonds is 12. The first-order valence-corrected chi connectivity index (χ1v) is 15.0. The highest BCUT2D eigenvalue weighted by Crippen LogP contribution is 2.35. The van der Waals surface area contributed by atoms with Crippen LogP contribution in [0.3, 0.4) is 0 Å². The van der Waals surface area contributed by atoms with E-state index in [0.29, 0.717) is 34.1 Å². The minimum absolute atomic E-state index is 0.0177. The van der Waals surface area contributed by atoms with Crippen molar-refractivity contribution >= 4 is 46.9 Å². The number of aryl methyl sites for hydroxylation is 2. The van der Waals surface area contributed by atoms with Crippen LogP contribution in [0.1, 0.15) is 27.0 Å². The maximum Gasteiger partial charge on any atom is 0.272 e. The Bertz CT molecular complexity index is 1700. The number of carbonyl (C=O) groups excluding carboxylic acids is 3. The third-order valence-electron chi connectivity index (χ3n) is 6.70. The summed E-state index contributed by atoms with van der Waals surface area (Å²) in [7, 11) is 4.51. The van der Waals surface area contributed by atoms with Crippen molar-refractivity contribution in [3.63, 3.8) is 0 Å². The average molecular weight is 626 g/mol. The third kappa shape index (κ3) is 8.90. The van der Waals surface area contributed by atoms with E-state index >= 15 is 0 Å². The average Bonchev–Trinajstić information content (AvgIpc) is 3.05. The highest BCUT2D eigenvalue weighted by Gasteiger charge is 2.18. The number of nitrogens with one attached hydrogen (secondary N) is 3. The van der Waals surface area contributed by atoms with Crippen LogP contribution in [0, 0.1) is 13.8 Å². The third-order valence-corrected chi connectivity index (χ3v) is 7.71. The number of thioether (sulfide) groups is 1. The second-order valence-corrected chi connectivity index (χ2v) is 11.0. The van der Waals surface area contributed by atoms with Gasteiger partial charge in [-0.25, -0.2) is 0 Å². The fourth-order valence-corrected chi connectivity index (χ4v) is 5.08. The SMILES string of the molecule is COc1cc(OC)c(OC)cc1/C=C(\NC(=O)c1ccccc1)C(=O)Nc1ccc(SCC(=O)Nc2ccc(C)cc2C)cc1. The molecule has 4 rings (SSSR count). The van der Waals surface area contributed by atoms with Crippen molar-refractivity contribution in [3.05, 3.63) is 113 Å². The standard InChI is InChI=1S/C35H35N3O6S/c1-22-11-16-28(23(2)17-22)37-33(39)21-45-27-14-12-26(13-15-27)36-35(41)29(38-34(40)24-9-7-6-8-10-24)18-25-19-31(43-4)32(44-5)20-30(25)42-3/h6-20H,21H2,1-5H3,(H,36,41)(H,37,39)(H,38,40)/b29-18-. The highest BCUT2D eigenvalue weighted by atomic mass is 32.2. The molecule has 4 aromatic rings. The number of amides is 3. The number of hydrogen-bond acceptors (Lipinski definition) is 7. The van der Waals surface area contributed by atoms with Gasteiger partial charge in [-0.15, -0.1) is 11.8 Å². The van der Waals surface area contributed by atoms with Crippen LogP contribution >= 0.6 is 11.8 Å². The molecular formula is C35H35N3O6S. The molecule has 0 aliphatic rings. The molecule has 9 nitrogen and oxygen atoms in total. The number of methoxy groups -OCH3 is 3. The summed E-state index contributed by atoms with van der Waals surface area (Å²) in [6, 6.07) is 24.8. The minimum Gasteiger partial charge on any atom is -0.496 e. The van der Waals surface area contributed by atoms with E-state index in [4.69, 9.17) is 14.2 Å². The van der Waals surface area contributed by atoms with Gasteiger partial charge in [0.25, 0.3) is 11.8 Å². The van der Waals surface area contributed by atoms with Gasteiger partial charge in [-0.1, -0.05) is 35.9 Å². The van der Waals surface area contributed by atoms with E-state index < -0.39 is 11.8 Å². The Kier molecular flexibility index (Phi) is 11.3. The van der Waals surface area contributed by atoms with Gasteiger partial charge in [0.2, 0.25) is 5.91 Å². The second kappa shape index (κ2) is 15.5. The molecule has 0 aliphatic heterocycles. The van der Waals surface area contributed by atoms with Gasteiger partial charge in [0.15, 0.2) is 11.5 Å². The van der Waals surface area contributed by atoms with Gasteiger partial charge in [-0.05, 0) is 74.0 Å². The zero-order chi connectivity index (χ0) is 32.3. The summed E-state index contributed by atoms with van der Waals surface area (Å²) in [5.41, 5.74) is 4.29. The number of hydrogen-bond donors (Lipinski definition) is 3. The Morgan fingerprint density at radius 2 is 1.42 bits per heavy atom. The van der Waals surface area contributed by atoms with Crippen molar-refractivity contribution in [3.8, 4) is 17.2 Å². The van der Waals surface area contributed by atoms with E-state index in [2.05, 4.69) is 16.0 Å². The highest BCUT2D eigenvalue weighted by molar-refractivity contribution is 8.00. The first-order valence-electron chi connectivity index (χ1n) is 14.0. The predicted molar refractivity (Wildman–Crippen MR) is 178 cm³/mol. The van der Waals surface area contributed by atoms with Crippen molar-refractivity contribution in [2.24, 2.45) is 0 Å². The van der Waals surface area contributed by atoms with Crippen LogP contribution in [-0.2, 0) is 9.59 Å². The molecule has 4 aromatic carbocycles. The first kappa shape index (κ1) is 32.7. The van der Waals surface area contributed by atoms with Gasteiger partial charge < -0.3 is 30.2 Å². The normalized spacial score (nSPS) is 10.9. The van der Waals surface area contributed by atoms with Crippen LogP contribution < -0.4 is 30.2 Å². The lowest BCUT2D eigenvalue weighted by Gasteiger charge is -2.15. The predicted octanol–water partition coefficient (Wildman–Crippen LogP) is 6.47. The zero-order valence-corrected chi connectivity index (χ0v) is 26.5. The van der Waals surface area contributed by atoms with Crippen LogP contribution in [0.5, 0.6) is 17.2 Å². The van der Waals surface area contributed by atoms with Crippen molar-refractivity contribution < 1.29 is 28.6 Å². The van der Waals surface area contributed by atoms with Gasteiger partial charge >= 0.3 is 0 Å². The van der Waals surface area contributed by atoms with Gasteiger partial charge in [0, 0.05) is 33.5 Å². The smallest absolute Gasteiger partial charge is 0.272 e. The van der Waals surface area contributed by atoms with Crippen LogP contribution in [0.15, 0.2) is 95.5 Å². The molecule has 10 heteroatoms. The van der Waals surface area contributed by atoms with E-state index in [-0.39, 0.29) is 17.4 Å². The molecule has 3 N–H and O–H groups in total. The molecule has 0 bridgehead atoms. The molecule has 232 valence electrons. The second-order valence-electron chi connectivity index (χ2n) is 9.96. The molecule has 0 atom stereocenters. The molecule has 0 saturated heterocycles. The largest absolute Gasteiger partial charge is 0.496 e. The molecule has 0 aromatic heterocycles. The van der Waals surface area contributed by atoms with Crippen molar-refractivity contribution in [1.82, 2.24) is 5.32 Å². The summed E-state index contributed by atoms with van der Waals surface area (Å²) < 4.78 is 16.3. The Hall–Kier alpha value is -5.22. The topological polar surface area (TPSA) is 115 Å². The summed E-state index contributed by atoms with van der Waals surface area (Å²) >= 11 is 1.38. The number of benzene rings is 4. The van der Waals surface area contributed by atoms with Gasteiger partial charge in [-0.3, -0.25) is 14.4 Å². The molecule has 0 heterocycles. The van der Waals surface area contributed by atoms with Gasteiger partial charge in [-0.2, -0.15) is 0 Å². The summed E-state index contributed by atoms with van der Waals surface area (Å²) in [5.74, 6) is 0.395. The maximum absolute atomic E-state index is 13.5. The summed E-state index contributed by atoms with van der Waals surface area (Å²) in [6.45, 7) is 3.97. The van der Waals surface area contributed by atoms with E-state index in [1.54, 1.807) is 54.6 Å². The molecule has 3 amide bonds. The van der Waals surface area contributed by atoms with Gasteiger partial charge in [0.1, 0.15) is 11.4 Å². The molecular weight excluding hydrogens is 590 g/mol. The van der Waals surface area contributed by atoms with E-state index in [1.807, 2.05) is 44.2 Å². The first-order chi connectivity index (χ1) is 21.7. The molecule has 45 heavy (non-hydrogen) atoms. The number of anilines is 2. The van der Waals surface area contributed by atoms with E-state index in [1.165, 1.54) is 39.2 Å². The lowest BCUT2D eigenvalue weighted by atomic mass is 10.1. The molecule has 0 spiro atoms. The molecule has 0 unspecified atom stereocenters. The monoisotopic (exact) mass is 625 g/mol. The van der Waals surface area contributed by atoms with Gasteiger partial charge in [0.05, 0.1) is 27.1 Å². The lowest BCUT2D eigenvalue weighted by Crippen LogP contribution is -2.30.